The lowest BCUT2D eigenvalue weighted by Gasteiger charge is -2.12. The average Bonchev–Trinajstić information content (AvgIpc) is 3.16. The highest BCUT2D eigenvalue weighted by Crippen LogP contribution is 2.31. The van der Waals surface area contributed by atoms with Crippen molar-refractivity contribution in [3.05, 3.63) is 95.1 Å². The lowest BCUT2D eigenvalue weighted by Crippen LogP contribution is -2.00. The lowest BCUT2D eigenvalue weighted by molar-refractivity contribution is 0.885. The zero-order valence-corrected chi connectivity index (χ0v) is 17.1. The molecule has 0 amide bonds. The number of rotatable bonds is 5. The molecule has 0 radical (unpaired) electrons. The molecule has 5 heteroatoms. The summed E-state index contributed by atoms with van der Waals surface area (Å²) in [4.78, 5) is 0. The van der Waals surface area contributed by atoms with Crippen LogP contribution in [0.3, 0.4) is 0 Å². The molecular weight excluding hydrogens is 376 g/mol. The van der Waals surface area contributed by atoms with E-state index >= 15 is 0 Å². The van der Waals surface area contributed by atoms with Crippen LogP contribution in [0.25, 0.3) is 17.1 Å². The lowest BCUT2D eigenvalue weighted by atomic mass is 10.1. The predicted molar refractivity (Wildman–Crippen MR) is 117 cm³/mol. The number of hydrogen-bond acceptors (Lipinski definition) is 4. The second-order valence-corrected chi connectivity index (χ2v) is 7.85. The van der Waals surface area contributed by atoms with Gasteiger partial charge in [-0.25, -0.2) is 0 Å². The first-order valence-corrected chi connectivity index (χ1v) is 10.3. The maximum absolute atomic E-state index is 9.37. The molecule has 0 aliphatic rings. The fourth-order valence-corrected chi connectivity index (χ4v) is 4.19. The van der Waals surface area contributed by atoms with Crippen LogP contribution in [0.5, 0.6) is 0 Å². The quantitative estimate of drug-likeness (QED) is 0.405. The number of benzene rings is 3. The Labute approximate surface area is 174 Å². The average molecular weight is 397 g/mol. The van der Waals surface area contributed by atoms with Gasteiger partial charge in [-0.3, -0.25) is 4.57 Å². The van der Waals surface area contributed by atoms with Gasteiger partial charge >= 0.3 is 0 Å². The van der Waals surface area contributed by atoms with Gasteiger partial charge in [0.25, 0.3) is 0 Å². The molecule has 0 unspecified atom stereocenters. The Morgan fingerprint density at radius 3 is 2.41 bits per heavy atom. The summed E-state index contributed by atoms with van der Waals surface area (Å²) < 4.78 is 2.10. The van der Waals surface area contributed by atoms with Gasteiger partial charge in [-0.1, -0.05) is 65.9 Å². The number of aromatic nitrogens is 3. The van der Waals surface area contributed by atoms with Crippen LogP contribution in [-0.4, -0.2) is 14.8 Å². The fourth-order valence-electron chi connectivity index (χ4n) is 3.23. The van der Waals surface area contributed by atoms with Crippen molar-refractivity contribution in [3.8, 4) is 23.1 Å². The van der Waals surface area contributed by atoms with Gasteiger partial charge in [0.15, 0.2) is 11.0 Å². The second kappa shape index (κ2) is 8.34. The zero-order valence-electron chi connectivity index (χ0n) is 16.3. The summed E-state index contributed by atoms with van der Waals surface area (Å²) in [5.74, 6) is 1.47. The highest BCUT2D eigenvalue weighted by Gasteiger charge is 2.17. The van der Waals surface area contributed by atoms with Crippen molar-refractivity contribution in [1.82, 2.24) is 14.8 Å². The fraction of sp³-hybridized carbons (Fsp3) is 0.125. The predicted octanol–water partition coefficient (Wildman–Crippen LogP) is 5.72. The van der Waals surface area contributed by atoms with Crippen LogP contribution in [0.15, 0.2) is 78.0 Å². The van der Waals surface area contributed by atoms with Crippen LogP contribution in [0, 0.1) is 25.2 Å². The Kier molecular flexibility index (Phi) is 5.46. The van der Waals surface area contributed by atoms with E-state index in [4.69, 9.17) is 0 Å². The van der Waals surface area contributed by atoms with Crippen molar-refractivity contribution < 1.29 is 0 Å². The Bertz CT molecular complexity index is 1200. The Morgan fingerprint density at radius 2 is 1.66 bits per heavy atom. The maximum Gasteiger partial charge on any atom is 0.196 e. The molecule has 1 aromatic heterocycles. The molecular formula is C24H20N4S. The van der Waals surface area contributed by atoms with E-state index < -0.39 is 0 Å². The number of nitriles is 1. The van der Waals surface area contributed by atoms with Crippen LogP contribution in [0.1, 0.15) is 22.3 Å². The van der Waals surface area contributed by atoms with E-state index in [1.54, 1.807) is 11.8 Å². The summed E-state index contributed by atoms with van der Waals surface area (Å²) >= 11 is 1.59. The second-order valence-electron chi connectivity index (χ2n) is 6.91. The van der Waals surface area contributed by atoms with Crippen molar-refractivity contribution >= 4 is 11.8 Å². The monoisotopic (exact) mass is 396 g/mol. The third kappa shape index (κ3) is 4.08. The molecule has 142 valence electrons. The summed E-state index contributed by atoms with van der Waals surface area (Å²) in [5.41, 5.74) is 6.11. The minimum Gasteiger partial charge on any atom is -0.270 e. The summed E-state index contributed by atoms with van der Waals surface area (Å²) in [6, 6.07) is 26.6. The van der Waals surface area contributed by atoms with Gasteiger partial charge < -0.3 is 0 Å². The van der Waals surface area contributed by atoms with E-state index in [-0.39, 0.29) is 0 Å². The highest BCUT2D eigenvalue weighted by molar-refractivity contribution is 7.98. The van der Waals surface area contributed by atoms with Crippen LogP contribution in [0.2, 0.25) is 0 Å². The first-order valence-electron chi connectivity index (χ1n) is 9.36. The Hall–Kier alpha value is -3.36. The normalized spacial score (nSPS) is 10.7. The van der Waals surface area contributed by atoms with Gasteiger partial charge in [0.1, 0.15) is 0 Å². The van der Waals surface area contributed by atoms with E-state index in [0.29, 0.717) is 11.3 Å². The van der Waals surface area contributed by atoms with Crippen LogP contribution >= 0.6 is 11.8 Å². The molecule has 0 bridgehead atoms. The molecule has 0 aliphatic heterocycles. The zero-order chi connectivity index (χ0) is 20.2. The number of hydrogen-bond donors (Lipinski definition) is 0. The first kappa shape index (κ1) is 19.0. The molecule has 0 atom stereocenters. The third-order valence-electron chi connectivity index (χ3n) is 4.66. The molecule has 29 heavy (non-hydrogen) atoms. The maximum atomic E-state index is 9.37. The van der Waals surface area contributed by atoms with Crippen molar-refractivity contribution in [1.29, 1.82) is 5.26 Å². The van der Waals surface area contributed by atoms with E-state index in [2.05, 4.69) is 71.1 Å². The minimum absolute atomic E-state index is 0.654. The largest absolute Gasteiger partial charge is 0.270 e. The van der Waals surface area contributed by atoms with Crippen LogP contribution < -0.4 is 0 Å². The van der Waals surface area contributed by atoms with Crippen LogP contribution in [-0.2, 0) is 5.75 Å². The molecule has 0 N–H and O–H groups in total. The third-order valence-corrected chi connectivity index (χ3v) is 5.64. The van der Waals surface area contributed by atoms with Crippen molar-refractivity contribution in [2.75, 3.05) is 0 Å². The van der Waals surface area contributed by atoms with E-state index in [0.717, 1.165) is 27.8 Å². The summed E-state index contributed by atoms with van der Waals surface area (Å²) in [7, 11) is 0. The van der Waals surface area contributed by atoms with Crippen molar-refractivity contribution in [3.63, 3.8) is 0 Å². The summed E-state index contributed by atoms with van der Waals surface area (Å²) in [5, 5.41) is 19.2. The molecule has 0 aliphatic carbocycles. The molecule has 0 fully saturated rings. The van der Waals surface area contributed by atoms with E-state index in [1.807, 2.05) is 36.4 Å². The molecule has 0 spiro atoms. The van der Waals surface area contributed by atoms with Gasteiger partial charge in [0.2, 0.25) is 0 Å². The number of aryl methyl sites for hydroxylation is 2. The van der Waals surface area contributed by atoms with Gasteiger partial charge in [-0.2, -0.15) is 5.26 Å². The van der Waals surface area contributed by atoms with Crippen molar-refractivity contribution in [2.45, 2.75) is 24.8 Å². The van der Waals surface area contributed by atoms with Crippen molar-refractivity contribution in [2.24, 2.45) is 0 Å². The Morgan fingerprint density at radius 1 is 0.897 bits per heavy atom. The smallest absolute Gasteiger partial charge is 0.196 e. The molecule has 4 rings (SSSR count). The molecule has 0 saturated carbocycles. The summed E-state index contributed by atoms with van der Waals surface area (Å²) in [6.07, 6.45) is 0. The number of thioether (sulfide) groups is 1. The van der Waals surface area contributed by atoms with Gasteiger partial charge in [-0.05, 0) is 49.2 Å². The van der Waals surface area contributed by atoms with Gasteiger partial charge in [0, 0.05) is 17.0 Å². The Balaban J connectivity index is 1.77. The molecule has 4 nitrogen and oxygen atoms in total. The first-order chi connectivity index (χ1) is 14.2. The van der Waals surface area contributed by atoms with Gasteiger partial charge in [-0.15, -0.1) is 10.2 Å². The molecule has 3 aromatic carbocycles. The highest BCUT2D eigenvalue weighted by atomic mass is 32.2. The van der Waals surface area contributed by atoms with Crippen LogP contribution in [0.4, 0.5) is 0 Å². The molecule has 0 saturated heterocycles. The molecule has 1 heterocycles. The summed E-state index contributed by atoms with van der Waals surface area (Å²) in [6.45, 7) is 4.15. The van der Waals surface area contributed by atoms with E-state index in [1.165, 1.54) is 11.1 Å². The SMILES string of the molecule is Cc1cccc(-c2nnc(SCc3ccccc3C#N)n2-c2cccc(C)c2)c1. The number of nitrogens with zero attached hydrogens (tertiary/aromatic N) is 4. The standard InChI is InChI=1S/C24H20N4S/c1-17-7-5-11-19(13-17)23-26-27-24(28(23)22-12-6-8-18(2)14-22)29-16-21-10-4-3-9-20(21)15-25/h3-14H,16H2,1-2H3. The minimum atomic E-state index is 0.654. The van der Waals surface area contributed by atoms with E-state index in [9.17, 15) is 5.26 Å². The molecule has 4 aromatic rings. The van der Waals surface area contributed by atoms with Gasteiger partial charge in [0.05, 0.1) is 11.6 Å². The topological polar surface area (TPSA) is 54.5 Å².